The summed E-state index contributed by atoms with van der Waals surface area (Å²) in [6.45, 7) is 2.06. The van der Waals surface area contributed by atoms with Crippen molar-refractivity contribution in [1.29, 1.82) is 0 Å². The molecular weight excluding hydrogens is 252 g/mol. The molecule has 1 saturated heterocycles. The third-order valence-corrected chi connectivity index (χ3v) is 3.40. The standard InChI is InChI=1S/C11H11Cl3N/c12-7-5-8(13)11(9(14)6-7)10-3-1-2-4-15-10/h4-6,10,15H,1-3H2. The maximum atomic E-state index is 6.15. The average molecular weight is 264 g/mol. The van der Waals surface area contributed by atoms with Crippen LogP contribution in [0.5, 0.6) is 0 Å². The summed E-state index contributed by atoms with van der Waals surface area (Å²) in [6, 6.07) is 3.69. The van der Waals surface area contributed by atoms with Gasteiger partial charge in [0, 0.05) is 33.2 Å². The van der Waals surface area contributed by atoms with Crippen LogP contribution in [-0.4, -0.2) is 0 Å². The van der Waals surface area contributed by atoms with Crippen LogP contribution in [0.25, 0.3) is 0 Å². The van der Waals surface area contributed by atoms with Crippen LogP contribution in [0.2, 0.25) is 15.1 Å². The molecule has 0 bridgehead atoms. The molecular formula is C11H11Cl3N. The maximum Gasteiger partial charge on any atom is 0.0483 e. The molecule has 0 saturated carbocycles. The third kappa shape index (κ3) is 2.59. The number of benzene rings is 1. The van der Waals surface area contributed by atoms with E-state index in [1.54, 1.807) is 12.1 Å². The van der Waals surface area contributed by atoms with Gasteiger partial charge in [0.1, 0.15) is 0 Å². The van der Waals surface area contributed by atoms with Gasteiger partial charge in [-0.25, -0.2) is 0 Å². The Morgan fingerprint density at radius 1 is 1.13 bits per heavy atom. The van der Waals surface area contributed by atoms with Crippen molar-refractivity contribution in [3.8, 4) is 0 Å². The topological polar surface area (TPSA) is 12.0 Å². The van der Waals surface area contributed by atoms with Crippen LogP contribution in [0.15, 0.2) is 12.1 Å². The molecule has 81 valence electrons. The fourth-order valence-electron chi connectivity index (χ4n) is 1.85. The highest BCUT2D eigenvalue weighted by Gasteiger charge is 2.20. The molecule has 1 aliphatic rings. The Hall–Kier alpha value is 0.0500. The van der Waals surface area contributed by atoms with Gasteiger partial charge in [0.15, 0.2) is 0 Å². The molecule has 1 heterocycles. The molecule has 1 aliphatic heterocycles. The molecule has 1 nitrogen and oxygen atoms in total. The minimum atomic E-state index is 0.219. The zero-order chi connectivity index (χ0) is 10.8. The molecule has 1 aromatic carbocycles. The Morgan fingerprint density at radius 2 is 1.80 bits per heavy atom. The molecule has 0 amide bonds. The fourth-order valence-corrected chi connectivity index (χ4v) is 2.93. The van der Waals surface area contributed by atoms with Crippen LogP contribution < -0.4 is 5.32 Å². The molecule has 4 heteroatoms. The number of hydrogen-bond acceptors (Lipinski definition) is 1. The number of halogens is 3. The summed E-state index contributed by atoms with van der Waals surface area (Å²) in [5.74, 6) is 0. The van der Waals surface area contributed by atoms with E-state index < -0.39 is 0 Å². The van der Waals surface area contributed by atoms with Crippen molar-refractivity contribution in [3.05, 3.63) is 39.3 Å². The van der Waals surface area contributed by atoms with Gasteiger partial charge in [0.25, 0.3) is 0 Å². The summed E-state index contributed by atoms with van der Waals surface area (Å²) < 4.78 is 0. The maximum absolute atomic E-state index is 6.15. The van der Waals surface area contributed by atoms with Crippen molar-refractivity contribution in [2.24, 2.45) is 0 Å². The van der Waals surface area contributed by atoms with Crippen molar-refractivity contribution in [1.82, 2.24) is 5.32 Å². The van der Waals surface area contributed by atoms with Gasteiger partial charge in [-0.2, -0.15) is 0 Å². The summed E-state index contributed by atoms with van der Waals surface area (Å²) in [4.78, 5) is 0. The van der Waals surface area contributed by atoms with Crippen LogP contribution >= 0.6 is 34.8 Å². The van der Waals surface area contributed by atoms with Crippen LogP contribution in [-0.2, 0) is 0 Å². The molecule has 1 unspecified atom stereocenters. The van der Waals surface area contributed by atoms with Gasteiger partial charge in [0.05, 0.1) is 0 Å². The smallest absolute Gasteiger partial charge is 0.0483 e. The highest BCUT2D eigenvalue weighted by molar-refractivity contribution is 6.39. The molecule has 1 radical (unpaired) electrons. The van der Waals surface area contributed by atoms with E-state index in [0.29, 0.717) is 15.1 Å². The summed E-state index contributed by atoms with van der Waals surface area (Å²) >= 11 is 18.2. The molecule has 1 atom stereocenters. The van der Waals surface area contributed by atoms with Gasteiger partial charge in [0.2, 0.25) is 0 Å². The first-order valence-electron chi connectivity index (χ1n) is 4.90. The van der Waals surface area contributed by atoms with Gasteiger partial charge < -0.3 is 5.32 Å². The van der Waals surface area contributed by atoms with Crippen molar-refractivity contribution in [3.63, 3.8) is 0 Å². The number of hydrogen-bond donors (Lipinski definition) is 1. The third-order valence-electron chi connectivity index (χ3n) is 2.55. The second-order valence-electron chi connectivity index (χ2n) is 3.64. The minimum absolute atomic E-state index is 0.219. The van der Waals surface area contributed by atoms with Crippen molar-refractivity contribution >= 4 is 34.8 Å². The lowest BCUT2D eigenvalue weighted by Crippen LogP contribution is -2.23. The highest BCUT2D eigenvalue weighted by Crippen LogP contribution is 2.36. The van der Waals surface area contributed by atoms with E-state index in [9.17, 15) is 0 Å². The molecule has 1 fully saturated rings. The van der Waals surface area contributed by atoms with Gasteiger partial charge in [-0.15, -0.1) is 0 Å². The Kier molecular flexibility index (Phi) is 3.78. The molecule has 1 N–H and O–H groups in total. The number of nitrogens with one attached hydrogen (secondary N) is 1. The molecule has 0 spiro atoms. The minimum Gasteiger partial charge on any atom is -0.306 e. The zero-order valence-corrected chi connectivity index (χ0v) is 10.3. The SMILES string of the molecule is Clc1cc(Cl)c(C2CCC[CH]N2)c(Cl)c1. The fraction of sp³-hybridized carbons (Fsp3) is 0.364. The Labute approximate surface area is 105 Å². The van der Waals surface area contributed by atoms with Crippen LogP contribution in [0.4, 0.5) is 0 Å². The molecule has 2 rings (SSSR count). The van der Waals surface area contributed by atoms with E-state index in [4.69, 9.17) is 34.8 Å². The predicted molar refractivity (Wildman–Crippen MR) is 65.5 cm³/mol. The highest BCUT2D eigenvalue weighted by atomic mass is 35.5. The van der Waals surface area contributed by atoms with Crippen molar-refractivity contribution < 1.29 is 0 Å². The molecule has 15 heavy (non-hydrogen) atoms. The zero-order valence-electron chi connectivity index (χ0n) is 8.06. The van der Waals surface area contributed by atoms with E-state index in [2.05, 4.69) is 11.9 Å². The predicted octanol–water partition coefficient (Wildman–Crippen LogP) is 4.62. The van der Waals surface area contributed by atoms with E-state index in [1.807, 2.05) is 0 Å². The Balaban J connectivity index is 2.33. The Bertz CT molecular complexity index is 336. The lowest BCUT2D eigenvalue weighted by molar-refractivity contribution is 0.459. The molecule has 1 aromatic rings. The van der Waals surface area contributed by atoms with Crippen LogP contribution in [0, 0.1) is 6.54 Å². The summed E-state index contributed by atoms with van der Waals surface area (Å²) in [6.07, 6.45) is 3.31. The first-order valence-corrected chi connectivity index (χ1v) is 6.04. The summed E-state index contributed by atoms with van der Waals surface area (Å²) in [5.41, 5.74) is 0.957. The second kappa shape index (κ2) is 4.92. The quantitative estimate of drug-likeness (QED) is 0.779. The van der Waals surface area contributed by atoms with Gasteiger partial charge in [-0.3, -0.25) is 0 Å². The van der Waals surface area contributed by atoms with Gasteiger partial charge >= 0.3 is 0 Å². The normalized spacial score (nSPS) is 21.7. The largest absolute Gasteiger partial charge is 0.306 e. The van der Waals surface area contributed by atoms with Crippen molar-refractivity contribution in [2.75, 3.05) is 0 Å². The molecule has 0 aliphatic carbocycles. The van der Waals surface area contributed by atoms with E-state index in [0.717, 1.165) is 24.8 Å². The summed E-state index contributed by atoms with van der Waals surface area (Å²) in [5, 5.41) is 5.16. The van der Waals surface area contributed by atoms with Gasteiger partial charge in [-0.05, 0) is 31.4 Å². The van der Waals surface area contributed by atoms with E-state index in [1.165, 1.54) is 0 Å². The van der Waals surface area contributed by atoms with E-state index >= 15 is 0 Å². The monoisotopic (exact) mass is 262 g/mol. The van der Waals surface area contributed by atoms with Crippen LogP contribution in [0.1, 0.15) is 30.9 Å². The second-order valence-corrected chi connectivity index (χ2v) is 4.89. The number of piperidine rings is 1. The lowest BCUT2D eigenvalue weighted by Gasteiger charge is -2.25. The average Bonchev–Trinajstić information content (AvgIpc) is 2.17. The first kappa shape index (κ1) is 11.5. The summed E-state index contributed by atoms with van der Waals surface area (Å²) in [7, 11) is 0. The lowest BCUT2D eigenvalue weighted by atomic mass is 9.97. The number of rotatable bonds is 1. The van der Waals surface area contributed by atoms with E-state index in [-0.39, 0.29) is 6.04 Å². The molecule has 0 aromatic heterocycles. The first-order chi connectivity index (χ1) is 7.18. The van der Waals surface area contributed by atoms with Crippen LogP contribution in [0.3, 0.4) is 0 Å². The Morgan fingerprint density at radius 3 is 2.33 bits per heavy atom. The van der Waals surface area contributed by atoms with Gasteiger partial charge in [-0.1, -0.05) is 34.8 Å². The van der Waals surface area contributed by atoms with Crippen molar-refractivity contribution in [2.45, 2.75) is 25.3 Å².